The minimum atomic E-state index is 0.162. The third-order valence-corrected chi connectivity index (χ3v) is 2.96. The van der Waals surface area contributed by atoms with E-state index in [9.17, 15) is 0 Å². The Bertz CT molecular complexity index is 399. The molecule has 2 rings (SSSR count). The van der Waals surface area contributed by atoms with Crippen molar-refractivity contribution in [1.29, 1.82) is 0 Å². The normalized spacial score (nSPS) is 16.1. The molecule has 0 saturated carbocycles. The summed E-state index contributed by atoms with van der Waals surface area (Å²) in [4.78, 5) is 0. The minimum Gasteiger partial charge on any atom is -0.486 e. The molecule has 0 aromatic heterocycles. The van der Waals surface area contributed by atoms with Crippen molar-refractivity contribution in [3.05, 3.63) is 23.3 Å². The van der Waals surface area contributed by atoms with E-state index in [0.717, 1.165) is 17.9 Å². The van der Waals surface area contributed by atoms with Gasteiger partial charge in [0.05, 0.1) is 0 Å². The summed E-state index contributed by atoms with van der Waals surface area (Å²) in [6.07, 6.45) is 0.879. The second-order valence-electron chi connectivity index (χ2n) is 5.00. The summed E-state index contributed by atoms with van der Waals surface area (Å²) >= 11 is 0. The molecule has 0 saturated heterocycles. The highest BCUT2D eigenvalue weighted by Crippen LogP contribution is 2.40. The lowest BCUT2D eigenvalue weighted by Gasteiger charge is -2.25. The third kappa shape index (κ3) is 2.55. The molecule has 0 fully saturated rings. The largest absolute Gasteiger partial charge is 0.486 e. The second-order valence-corrected chi connectivity index (χ2v) is 5.00. The van der Waals surface area contributed by atoms with Gasteiger partial charge >= 0.3 is 0 Å². The molecule has 1 aliphatic rings. The first-order chi connectivity index (χ1) is 8.09. The van der Waals surface area contributed by atoms with Gasteiger partial charge in [-0.15, -0.1) is 0 Å². The molecule has 17 heavy (non-hydrogen) atoms. The number of hydrogen-bond donors (Lipinski definition) is 1. The van der Waals surface area contributed by atoms with E-state index in [1.165, 1.54) is 11.1 Å². The fraction of sp³-hybridized carbons (Fsp3) is 0.571. The molecule has 1 aromatic rings. The van der Waals surface area contributed by atoms with Crippen molar-refractivity contribution in [2.45, 2.75) is 39.2 Å². The van der Waals surface area contributed by atoms with Crippen LogP contribution in [0.5, 0.6) is 11.5 Å². The summed E-state index contributed by atoms with van der Waals surface area (Å²) in [5.41, 5.74) is 8.42. The van der Waals surface area contributed by atoms with Crippen molar-refractivity contribution < 1.29 is 9.47 Å². The van der Waals surface area contributed by atoms with Gasteiger partial charge in [0.15, 0.2) is 11.5 Å². The fourth-order valence-corrected chi connectivity index (χ4v) is 2.34. The van der Waals surface area contributed by atoms with Crippen LogP contribution < -0.4 is 15.2 Å². The first kappa shape index (κ1) is 12.2. The molecule has 0 amide bonds. The van der Waals surface area contributed by atoms with Crippen LogP contribution >= 0.6 is 0 Å². The standard InChI is InChI=1S/C14H21NO2/c1-9(2)13-11(8-10(3)15)4-5-12-14(13)17-7-6-16-12/h4-5,9-10H,6-8,15H2,1-3H3. The summed E-state index contributed by atoms with van der Waals surface area (Å²) in [5, 5.41) is 0. The van der Waals surface area contributed by atoms with E-state index in [-0.39, 0.29) is 6.04 Å². The van der Waals surface area contributed by atoms with Crippen LogP contribution in [0.3, 0.4) is 0 Å². The monoisotopic (exact) mass is 235 g/mol. The summed E-state index contributed by atoms with van der Waals surface area (Å²) in [5.74, 6) is 2.21. The highest BCUT2D eigenvalue weighted by molar-refractivity contribution is 5.53. The molecule has 3 nitrogen and oxygen atoms in total. The van der Waals surface area contributed by atoms with Crippen LogP contribution in [0.15, 0.2) is 12.1 Å². The maximum Gasteiger partial charge on any atom is 0.165 e. The van der Waals surface area contributed by atoms with Crippen molar-refractivity contribution in [3.8, 4) is 11.5 Å². The summed E-state index contributed by atoms with van der Waals surface area (Å²) in [6, 6.07) is 4.28. The zero-order chi connectivity index (χ0) is 12.4. The van der Waals surface area contributed by atoms with Crippen LogP contribution in [-0.2, 0) is 6.42 Å². The maximum absolute atomic E-state index is 5.90. The number of benzene rings is 1. The van der Waals surface area contributed by atoms with E-state index in [0.29, 0.717) is 19.1 Å². The molecule has 0 radical (unpaired) electrons. The van der Waals surface area contributed by atoms with Gasteiger partial charge in [-0.25, -0.2) is 0 Å². The lowest BCUT2D eigenvalue weighted by molar-refractivity contribution is 0.169. The Kier molecular flexibility index (Phi) is 3.57. The molecule has 1 atom stereocenters. The van der Waals surface area contributed by atoms with Gasteiger partial charge in [0.1, 0.15) is 13.2 Å². The van der Waals surface area contributed by atoms with Gasteiger partial charge in [0, 0.05) is 11.6 Å². The van der Waals surface area contributed by atoms with Crippen LogP contribution in [0, 0.1) is 0 Å². The Morgan fingerprint density at radius 2 is 1.88 bits per heavy atom. The van der Waals surface area contributed by atoms with Crippen molar-refractivity contribution in [2.75, 3.05) is 13.2 Å². The first-order valence-electron chi connectivity index (χ1n) is 6.26. The van der Waals surface area contributed by atoms with Crippen LogP contribution in [-0.4, -0.2) is 19.3 Å². The van der Waals surface area contributed by atoms with E-state index in [2.05, 4.69) is 19.9 Å². The van der Waals surface area contributed by atoms with Crippen molar-refractivity contribution >= 4 is 0 Å². The summed E-state index contributed by atoms with van der Waals surface area (Å²) in [7, 11) is 0. The van der Waals surface area contributed by atoms with Gasteiger partial charge in [-0.05, 0) is 30.9 Å². The lowest BCUT2D eigenvalue weighted by Crippen LogP contribution is -2.21. The number of hydrogen-bond acceptors (Lipinski definition) is 3. The Hall–Kier alpha value is -1.22. The van der Waals surface area contributed by atoms with Gasteiger partial charge in [0.25, 0.3) is 0 Å². The van der Waals surface area contributed by atoms with E-state index < -0.39 is 0 Å². The first-order valence-corrected chi connectivity index (χ1v) is 6.26. The van der Waals surface area contributed by atoms with E-state index in [1.807, 2.05) is 13.0 Å². The lowest BCUT2D eigenvalue weighted by atomic mass is 9.92. The topological polar surface area (TPSA) is 44.5 Å². The molecule has 1 heterocycles. The number of fused-ring (bicyclic) bond motifs is 1. The van der Waals surface area contributed by atoms with Gasteiger partial charge in [-0.3, -0.25) is 0 Å². The average Bonchev–Trinajstić information content (AvgIpc) is 2.27. The van der Waals surface area contributed by atoms with E-state index in [1.54, 1.807) is 0 Å². The van der Waals surface area contributed by atoms with Crippen LogP contribution in [0.1, 0.15) is 37.8 Å². The fourth-order valence-electron chi connectivity index (χ4n) is 2.34. The predicted octanol–water partition coefficient (Wildman–Crippen LogP) is 2.47. The molecule has 1 aliphatic heterocycles. The Morgan fingerprint density at radius 3 is 2.53 bits per heavy atom. The average molecular weight is 235 g/mol. The molecular formula is C14H21NO2. The highest BCUT2D eigenvalue weighted by Gasteiger charge is 2.21. The van der Waals surface area contributed by atoms with Crippen LogP contribution in [0.25, 0.3) is 0 Å². The minimum absolute atomic E-state index is 0.162. The number of nitrogens with two attached hydrogens (primary N) is 1. The molecule has 1 aromatic carbocycles. The third-order valence-electron chi connectivity index (χ3n) is 2.96. The quantitative estimate of drug-likeness (QED) is 0.875. The zero-order valence-electron chi connectivity index (χ0n) is 10.8. The maximum atomic E-state index is 5.90. The molecule has 0 aliphatic carbocycles. The molecule has 3 heteroatoms. The Balaban J connectivity index is 2.46. The molecular weight excluding hydrogens is 214 g/mol. The van der Waals surface area contributed by atoms with Gasteiger partial charge in [-0.1, -0.05) is 19.9 Å². The molecule has 2 N–H and O–H groups in total. The Morgan fingerprint density at radius 1 is 1.18 bits per heavy atom. The van der Waals surface area contributed by atoms with Crippen LogP contribution in [0.4, 0.5) is 0 Å². The van der Waals surface area contributed by atoms with Gasteiger partial charge in [-0.2, -0.15) is 0 Å². The predicted molar refractivity (Wildman–Crippen MR) is 68.9 cm³/mol. The van der Waals surface area contributed by atoms with Crippen molar-refractivity contribution in [1.82, 2.24) is 0 Å². The zero-order valence-corrected chi connectivity index (χ0v) is 10.8. The smallest absolute Gasteiger partial charge is 0.165 e. The van der Waals surface area contributed by atoms with Crippen molar-refractivity contribution in [2.24, 2.45) is 5.73 Å². The SMILES string of the molecule is CC(N)Cc1ccc2c(c1C(C)C)OCCO2. The molecule has 0 bridgehead atoms. The second kappa shape index (κ2) is 4.96. The van der Waals surface area contributed by atoms with Crippen LogP contribution in [0.2, 0.25) is 0 Å². The highest BCUT2D eigenvalue weighted by atomic mass is 16.6. The van der Waals surface area contributed by atoms with Gasteiger partial charge in [0.2, 0.25) is 0 Å². The Labute approximate surface area is 103 Å². The molecule has 0 spiro atoms. The van der Waals surface area contributed by atoms with Crippen molar-refractivity contribution in [3.63, 3.8) is 0 Å². The van der Waals surface area contributed by atoms with Gasteiger partial charge < -0.3 is 15.2 Å². The van der Waals surface area contributed by atoms with E-state index in [4.69, 9.17) is 15.2 Å². The summed E-state index contributed by atoms with van der Waals surface area (Å²) in [6.45, 7) is 7.66. The van der Waals surface area contributed by atoms with E-state index >= 15 is 0 Å². The summed E-state index contributed by atoms with van der Waals surface area (Å²) < 4.78 is 11.4. The molecule has 94 valence electrons. The number of rotatable bonds is 3. The molecule has 1 unspecified atom stereocenters. The number of ether oxygens (including phenoxy) is 2.